The molecule has 4 N–H and O–H groups in total. The number of nitrogens with one attached hydrogen (secondary N) is 2. The highest BCUT2D eigenvalue weighted by atomic mass is 35.5. The van der Waals surface area contributed by atoms with E-state index in [1.54, 1.807) is 6.07 Å². The average Bonchev–Trinajstić information content (AvgIpc) is 3.05. The van der Waals surface area contributed by atoms with Gasteiger partial charge in [-0.25, -0.2) is 22.6 Å². The summed E-state index contributed by atoms with van der Waals surface area (Å²) >= 11 is 0. The molecule has 3 rings (SSSR count). The highest BCUT2D eigenvalue weighted by molar-refractivity contribution is 7.89. The molecule has 0 aliphatic carbocycles. The lowest BCUT2D eigenvalue weighted by Crippen LogP contribution is -2.29. The van der Waals surface area contributed by atoms with Gasteiger partial charge in [-0.1, -0.05) is 6.07 Å². The largest absolute Gasteiger partial charge is 0.329 e. The monoisotopic (exact) mass is 461 g/mol. The maximum atomic E-state index is 12.5. The molecule has 0 atom stereocenters. The van der Waals surface area contributed by atoms with E-state index in [9.17, 15) is 13.2 Å². The van der Waals surface area contributed by atoms with Gasteiger partial charge in [0.25, 0.3) is 11.7 Å². The Morgan fingerprint density at radius 3 is 2.59 bits per heavy atom. The van der Waals surface area contributed by atoms with Gasteiger partial charge in [0.05, 0.1) is 4.90 Å². The summed E-state index contributed by atoms with van der Waals surface area (Å²) in [5.41, 5.74) is 7.18. The van der Waals surface area contributed by atoms with Crippen LogP contribution in [0.15, 0.2) is 35.2 Å². The van der Waals surface area contributed by atoms with Crippen molar-refractivity contribution in [3.05, 3.63) is 47.5 Å². The first kappa shape index (κ1) is 24.7. The fourth-order valence-electron chi connectivity index (χ4n) is 2.47. The van der Waals surface area contributed by atoms with Gasteiger partial charge in [-0.3, -0.25) is 4.79 Å². The fraction of sp³-hybridized carbons (Fsp3) is 0.250. The Bertz CT molecular complexity index is 1120. The number of carbonyl (C=O) groups excluding carboxylic acids is 1. The standard InChI is InChI=1S/C16H19N7O3S.2ClH/c1-10-8-11(2)23-16(19-10)21-14(22-23)15(24)20-12-4-3-5-13(9-12)27(25,26)18-7-6-17;;/h3-5,8-9,18H,6-7,17H2,1-2H3,(H,20,24);2*1H. The van der Waals surface area contributed by atoms with Crippen LogP contribution in [-0.2, 0) is 10.0 Å². The van der Waals surface area contributed by atoms with Crippen LogP contribution >= 0.6 is 24.8 Å². The predicted molar refractivity (Wildman–Crippen MR) is 113 cm³/mol. The first-order valence-corrected chi connectivity index (χ1v) is 9.60. The maximum absolute atomic E-state index is 12.5. The molecule has 3 aromatic rings. The van der Waals surface area contributed by atoms with E-state index in [1.165, 1.54) is 22.7 Å². The molecular weight excluding hydrogens is 441 g/mol. The van der Waals surface area contributed by atoms with Crippen LogP contribution < -0.4 is 15.8 Å². The summed E-state index contributed by atoms with van der Waals surface area (Å²) in [6.45, 7) is 3.96. The first-order chi connectivity index (χ1) is 12.8. The van der Waals surface area contributed by atoms with Gasteiger partial charge in [-0.15, -0.1) is 29.9 Å². The summed E-state index contributed by atoms with van der Waals surface area (Å²) in [6.07, 6.45) is 0. The SMILES string of the molecule is Cc1cc(C)n2nc(C(=O)Nc3cccc(S(=O)(=O)NCCN)c3)nc2n1.Cl.Cl. The number of nitrogens with two attached hydrogens (primary N) is 1. The summed E-state index contributed by atoms with van der Waals surface area (Å²) < 4.78 is 28.2. The number of halogens is 2. The van der Waals surface area contributed by atoms with E-state index in [-0.39, 0.29) is 48.6 Å². The minimum Gasteiger partial charge on any atom is -0.329 e. The molecule has 0 bridgehead atoms. The van der Waals surface area contributed by atoms with Crippen LogP contribution in [0.4, 0.5) is 5.69 Å². The molecule has 0 saturated heterocycles. The van der Waals surface area contributed by atoms with Crippen LogP contribution in [0.1, 0.15) is 22.0 Å². The van der Waals surface area contributed by atoms with E-state index in [0.29, 0.717) is 11.5 Å². The summed E-state index contributed by atoms with van der Waals surface area (Å²) in [7, 11) is -3.70. The lowest BCUT2D eigenvalue weighted by atomic mass is 10.3. The van der Waals surface area contributed by atoms with Gasteiger partial charge in [0.1, 0.15) is 0 Å². The van der Waals surface area contributed by atoms with Crippen molar-refractivity contribution in [2.75, 3.05) is 18.4 Å². The molecule has 2 aromatic heterocycles. The Labute approximate surface area is 180 Å². The zero-order chi connectivity index (χ0) is 19.6. The Morgan fingerprint density at radius 1 is 1.17 bits per heavy atom. The number of anilines is 1. The van der Waals surface area contributed by atoms with Crippen molar-refractivity contribution in [1.29, 1.82) is 0 Å². The molecule has 0 saturated carbocycles. The average molecular weight is 462 g/mol. The van der Waals surface area contributed by atoms with Gasteiger partial charge in [0.15, 0.2) is 0 Å². The molecular formula is C16H21Cl2N7O3S. The maximum Gasteiger partial charge on any atom is 0.295 e. The first-order valence-electron chi connectivity index (χ1n) is 8.12. The number of aryl methyl sites for hydroxylation is 2. The molecule has 0 radical (unpaired) electrons. The van der Waals surface area contributed by atoms with E-state index in [2.05, 4.69) is 25.1 Å². The number of hydrogen-bond acceptors (Lipinski definition) is 7. The second-order valence-corrected chi connectivity index (χ2v) is 7.62. The van der Waals surface area contributed by atoms with Gasteiger partial charge < -0.3 is 11.1 Å². The number of nitrogens with zero attached hydrogens (tertiary/aromatic N) is 4. The number of benzene rings is 1. The van der Waals surface area contributed by atoms with Gasteiger partial charge >= 0.3 is 0 Å². The zero-order valence-corrected chi connectivity index (χ0v) is 18.1. The van der Waals surface area contributed by atoms with Crippen LogP contribution in [-0.4, -0.2) is 47.0 Å². The third kappa shape index (κ3) is 5.61. The van der Waals surface area contributed by atoms with E-state index >= 15 is 0 Å². The Kier molecular flexibility index (Phi) is 8.48. The van der Waals surface area contributed by atoms with Crippen molar-refractivity contribution in [3.63, 3.8) is 0 Å². The molecule has 158 valence electrons. The smallest absolute Gasteiger partial charge is 0.295 e. The fourth-order valence-corrected chi connectivity index (χ4v) is 3.56. The third-order valence-electron chi connectivity index (χ3n) is 3.66. The Morgan fingerprint density at radius 2 is 1.90 bits per heavy atom. The molecule has 29 heavy (non-hydrogen) atoms. The Hall–Kier alpha value is -2.31. The number of carbonyl (C=O) groups is 1. The molecule has 1 amide bonds. The van der Waals surface area contributed by atoms with Crippen molar-refractivity contribution in [2.24, 2.45) is 5.73 Å². The molecule has 2 heterocycles. The second-order valence-electron chi connectivity index (χ2n) is 5.85. The van der Waals surface area contributed by atoms with E-state index < -0.39 is 15.9 Å². The quantitative estimate of drug-likeness (QED) is 0.497. The van der Waals surface area contributed by atoms with Crippen molar-refractivity contribution in [1.82, 2.24) is 24.3 Å². The van der Waals surface area contributed by atoms with Crippen LogP contribution in [0, 0.1) is 13.8 Å². The minimum atomic E-state index is -3.70. The molecule has 13 heteroatoms. The van der Waals surface area contributed by atoms with Crippen LogP contribution in [0.3, 0.4) is 0 Å². The van der Waals surface area contributed by atoms with Gasteiger partial charge in [0.2, 0.25) is 15.8 Å². The van der Waals surface area contributed by atoms with Crippen molar-refractivity contribution < 1.29 is 13.2 Å². The number of fused-ring (bicyclic) bond motifs is 1. The van der Waals surface area contributed by atoms with E-state index in [0.717, 1.165) is 11.4 Å². The van der Waals surface area contributed by atoms with Crippen molar-refractivity contribution in [2.45, 2.75) is 18.7 Å². The molecule has 10 nitrogen and oxygen atoms in total. The highest BCUT2D eigenvalue weighted by Crippen LogP contribution is 2.16. The number of amides is 1. The number of sulfonamides is 1. The third-order valence-corrected chi connectivity index (χ3v) is 5.12. The molecule has 0 spiro atoms. The summed E-state index contributed by atoms with van der Waals surface area (Å²) in [5.74, 6) is -0.312. The number of hydrogen-bond donors (Lipinski definition) is 3. The highest BCUT2D eigenvalue weighted by Gasteiger charge is 2.17. The van der Waals surface area contributed by atoms with Gasteiger partial charge in [-0.05, 0) is 38.1 Å². The van der Waals surface area contributed by atoms with Crippen LogP contribution in [0.25, 0.3) is 5.78 Å². The predicted octanol–water partition coefficient (Wildman–Crippen LogP) is 1.07. The van der Waals surface area contributed by atoms with Crippen LogP contribution in [0.2, 0.25) is 0 Å². The second kappa shape index (κ2) is 9.94. The lowest BCUT2D eigenvalue weighted by Gasteiger charge is -2.08. The summed E-state index contributed by atoms with van der Waals surface area (Å²) in [6, 6.07) is 7.70. The van der Waals surface area contributed by atoms with Crippen molar-refractivity contribution >= 4 is 52.2 Å². The van der Waals surface area contributed by atoms with Gasteiger partial charge in [-0.2, -0.15) is 4.98 Å². The molecule has 0 unspecified atom stereocenters. The summed E-state index contributed by atoms with van der Waals surface area (Å²) in [4.78, 5) is 20.8. The van der Waals surface area contributed by atoms with E-state index in [4.69, 9.17) is 5.73 Å². The Balaban J connectivity index is 0.00000210. The minimum absolute atomic E-state index is 0. The number of aromatic nitrogens is 4. The molecule has 1 aromatic carbocycles. The van der Waals surface area contributed by atoms with Crippen molar-refractivity contribution in [3.8, 4) is 0 Å². The molecule has 0 aliphatic heterocycles. The lowest BCUT2D eigenvalue weighted by molar-refractivity contribution is 0.101. The summed E-state index contributed by atoms with van der Waals surface area (Å²) in [5, 5.41) is 6.75. The van der Waals surface area contributed by atoms with Gasteiger partial charge in [0, 0.05) is 30.2 Å². The number of rotatable bonds is 6. The molecule has 0 fully saturated rings. The zero-order valence-electron chi connectivity index (χ0n) is 15.6. The molecule has 0 aliphatic rings. The normalized spacial score (nSPS) is 10.9. The van der Waals surface area contributed by atoms with E-state index in [1.807, 2.05) is 19.9 Å². The topological polar surface area (TPSA) is 144 Å². The van der Waals surface area contributed by atoms with Crippen LogP contribution in [0.5, 0.6) is 0 Å².